The molecule has 0 fully saturated rings. The lowest BCUT2D eigenvalue weighted by Gasteiger charge is -2.09. The molecule has 0 aliphatic heterocycles. The molecule has 0 atom stereocenters. The van der Waals surface area contributed by atoms with Gasteiger partial charge in [-0.25, -0.2) is 4.68 Å². The van der Waals surface area contributed by atoms with Crippen molar-refractivity contribution >= 4 is 17.7 Å². The number of carbonyl (C=O) groups excluding carboxylic acids is 1. The quantitative estimate of drug-likeness (QED) is 0.557. The van der Waals surface area contributed by atoms with Crippen molar-refractivity contribution in [2.24, 2.45) is 0 Å². The zero-order valence-corrected chi connectivity index (χ0v) is 12.6. The van der Waals surface area contributed by atoms with Gasteiger partial charge in [-0.1, -0.05) is 25.6 Å². The minimum Gasteiger partial charge on any atom is -0.462 e. The van der Waals surface area contributed by atoms with Crippen molar-refractivity contribution in [1.29, 1.82) is 0 Å². The van der Waals surface area contributed by atoms with E-state index in [1.54, 1.807) is 4.68 Å². The van der Waals surface area contributed by atoms with Crippen LogP contribution in [0.25, 0.3) is 0 Å². The molecular formula is C11H21N5O2S. The second-order valence-electron chi connectivity index (χ2n) is 4.62. The van der Waals surface area contributed by atoms with Crippen molar-refractivity contribution in [2.45, 2.75) is 51.5 Å². The summed E-state index contributed by atoms with van der Waals surface area (Å²) in [7, 11) is 0. The number of ether oxygens (including phenoxy) is 1. The van der Waals surface area contributed by atoms with E-state index >= 15 is 0 Å². The molecule has 0 unspecified atom stereocenters. The minimum atomic E-state index is -0.255. The third-order valence-corrected chi connectivity index (χ3v) is 2.99. The summed E-state index contributed by atoms with van der Waals surface area (Å²) in [6.07, 6.45) is -0.0978. The number of hydrogen-bond acceptors (Lipinski definition) is 7. The standard InChI is InChI=1S/C11H21N5O2S/c1-8(2)12-5-6-16-11(13-14-15-16)19-7-10(17)18-9(3)4/h8-9,12H,5-7H2,1-4H3. The Morgan fingerprint density at radius 1 is 1.42 bits per heavy atom. The predicted octanol–water partition coefficient (Wildman–Crippen LogP) is 0.715. The maximum Gasteiger partial charge on any atom is 0.316 e. The summed E-state index contributed by atoms with van der Waals surface area (Å²) in [6.45, 7) is 9.27. The van der Waals surface area contributed by atoms with Crippen molar-refractivity contribution in [3.63, 3.8) is 0 Å². The lowest BCUT2D eigenvalue weighted by Crippen LogP contribution is -2.27. The Kier molecular flexibility index (Phi) is 6.79. The number of rotatable bonds is 8. The van der Waals surface area contributed by atoms with Crippen LogP contribution >= 0.6 is 11.8 Å². The van der Waals surface area contributed by atoms with Gasteiger partial charge in [-0.3, -0.25) is 4.79 Å². The van der Waals surface area contributed by atoms with Gasteiger partial charge in [0.1, 0.15) is 0 Å². The Hall–Kier alpha value is -1.15. The number of esters is 1. The van der Waals surface area contributed by atoms with E-state index in [0.717, 1.165) is 6.54 Å². The summed E-state index contributed by atoms with van der Waals surface area (Å²) in [5.74, 6) is -0.0363. The molecule has 108 valence electrons. The molecule has 19 heavy (non-hydrogen) atoms. The highest BCUT2D eigenvalue weighted by Gasteiger charge is 2.11. The molecule has 1 aromatic heterocycles. The number of carbonyl (C=O) groups is 1. The minimum absolute atomic E-state index is 0.0978. The second-order valence-corrected chi connectivity index (χ2v) is 5.56. The average molecular weight is 287 g/mol. The molecule has 0 spiro atoms. The maximum absolute atomic E-state index is 11.4. The summed E-state index contributed by atoms with van der Waals surface area (Å²) >= 11 is 1.29. The molecular weight excluding hydrogens is 266 g/mol. The molecule has 8 heteroatoms. The van der Waals surface area contributed by atoms with Crippen LogP contribution in [0.2, 0.25) is 0 Å². The molecule has 0 saturated heterocycles. The van der Waals surface area contributed by atoms with Crippen LogP contribution < -0.4 is 5.32 Å². The second kappa shape index (κ2) is 8.11. The van der Waals surface area contributed by atoms with E-state index < -0.39 is 0 Å². The number of aromatic nitrogens is 4. The van der Waals surface area contributed by atoms with Gasteiger partial charge >= 0.3 is 5.97 Å². The highest BCUT2D eigenvalue weighted by atomic mass is 32.2. The highest BCUT2D eigenvalue weighted by molar-refractivity contribution is 7.99. The fourth-order valence-corrected chi connectivity index (χ4v) is 2.01. The van der Waals surface area contributed by atoms with E-state index in [0.29, 0.717) is 17.7 Å². The molecule has 0 aliphatic carbocycles. The largest absolute Gasteiger partial charge is 0.462 e. The number of nitrogens with zero attached hydrogens (tertiary/aromatic N) is 4. The summed E-state index contributed by atoms with van der Waals surface area (Å²) in [5, 5.41) is 15.3. The van der Waals surface area contributed by atoms with Crippen LogP contribution in [0, 0.1) is 0 Å². The van der Waals surface area contributed by atoms with Gasteiger partial charge in [-0.2, -0.15) is 0 Å². The number of thioether (sulfide) groups is 1. The average Bonchev–Trinajstić information content (AvgIpc) is 2.72. The predicted molar refractivity (Wildman–Crippen MR) is 72.9 cm³/mol. The van der Waals surface area contributed by atoms with Crippen molar-refractivity contribution in [2.75, 3.05) is 12.3 Å². The van der Waals surface area contributed by atoms with Gasteiger partial charge < -0.3 is 10.1 Å². The molecule has 1 aromatic rings. The van der Waals surface area contributed by atoms with E-state index in [-0.39, 0.29) is 17.8 Å². The first-order valence-corrected chi connectivity index (χ1v) is 7.29. The van der Waals surface area contributed by atoms with Gasteiger partial charge in [0.15, 0.2) is 0 Å². The zero-order valence-electron chi connectivity index (χ0n) is 11.8. The zero-order chi connectivity index (χ0) is 14.3. The Labute approximate surface area is 117 Å². The Bertz CT molecular complexity index is 394. The normalized spacial score (nSPS) is 11.3. The third kappa shape index (κ3) is 6.53. The fourth-order valence-electron chi connectivity index (χ4n) is 1.32. The molecule has 0 aliphatic rings. The smallest absolute Gasteiger partial charge is 0.316 e. The molecule has 1 N–H and O–H groups in total. The number of tetrazole rings is 1. The highest BCUT2D eigenvalue weighted by Crippen LogP contribution is 2.13. The molecule has 0 radical (unpaired) electrons. The van der Waals surface area contributed by atoms with Crippen LogP contribution in [0.3, 0.4) is 0 Å². The molecule has 0 saturated carbocycles. The molecule has 0 amide bonds. The summed E-state index contributed by atoms with van der Waals surface area (Å²) in [5.41, 5.74) is 0. The topological polar surface area (TPSA) is 81.9 Å². The van der Waals surface area contributed by atoms with Gasteiger partial charge in [0.25, 0.3) is 0 Å². The molecule has 1 rings (SSSR count). The van der Waals surface area contributed by atoms with Gasteiger partial charge in [0, 0.05) is 12.6 Å². The van der Waals surface area contributed by atoms with Gasteiger partial charge in [-0.15, -0.1) is 5.10 Å². The lowest BCUT2D eigenvalue weighted by atomic mass is 10.4. The Morgan fingerprint density at radius 3 is 2.79 bits per heavy atom. The van der Waals surface area contributed by atoms with Gasteiger partial charge in [0.2, 0.25) is 5.16 Å². The van der Waals surface area contributed by atoms with Crippen molar-refractivity contribution < 1.29 is 9.53 Å². The number of nitrogens with one attached hydrogen (secondary N) is 1. The molecule has 1 heterocycles. The molecule has 0 aromatic carbocycles. The van der Waals surface area contributed by atoms with Crippen LogP contribution in [-0.2, 0) is 16.1 Å². The lowest BCUT2D eigenvalue weighted by molar-refractivity contribution is -0.144. The van der Waals surface area contributed by atoms with E-state index in [9.17, 15) is 4.79 Å². The monoisotopic (exact) mass is 287 g/mol. The first kappa shape index (κ1) is 15.9. The van der Waals surface area contributed by atoms with Gasteiger partial charge in [-0.05, 0) is 24.3 Å². The Morgan fingerprint density at radius 2 is 2.16 bits per heavy atom. The summed E-state index contributed by atoms with van der Waals surface area (Å²) < 4.78 is 6.73. The van der Waals surface area contributed by atoms with Crippen molar-refractivity contribution in [3.8, 4) is 0 Å². The van der Waals surface area contributed by atoms with Crippen molar-refractivity contribution in [1.82, 2.24) is 25.5 Å². The first-order valence-electron chi connectivity index (χ1n) is 6.31. The third-order valence-electron chi connectivity index (χ3n) is 2.06. The SMILES string of the molecule is CC(C)NCCn1nnnc1SCC(=O)OC(C)C. The van der Waals surface area contributed by atoms with Crippen LogP contribution in [0.4, 0.5) is 0 Å². The Balaban J connectivity index is 2.38. The summed E-state index contributed by atoms with van der Waals surface area (Å²) in [6, 6.07) is 0.425. The molecule has 7 nitrogen and oxygen atoms in total. The van der Waals surface area contributed by atoms with E-state index in [2.05, 4.69) is 34.7 Å². The molecule has 0 bridgehead atoms. The van der Waals surface area contributed by atoms with E-state index in [4.69, 9.17) is 4.74 Å². The van der Waals surface area contributed by atoms with Gasteiger partial charge in [0.05, 0.1) is 18.4 Å². The number of hydrogen-bond donors (Lipinski definition) is 1. The first-order chi connectivity index (χ1) is 8.99. The van der Waals surface area contributed by atoms with E-state index in [1.807, 2.05) is 13.8 Å². The van der Waals surface area contributed by atoms with E-state index in [1.165, 1.54) is 11.8 Å². The summed E-state index contributed by atoms with van der Waals surface area (Å²) in [4.78, 5) is 11.4. The van der Waals surface area contributed by atoms with Crippen LogP contribution in [0.1, 0.15) is 27.7 Å². The maximum atomic E-state index is 11.4. The fraction of sp³-hybridized carbons (Fsp3) is 0.818. The van der Waals surface area contributed by atoms with Crippen LogP contribution in [-0.4, -0.2) is 50.6 Å². The van der Waals surface area contributed by atoms with Crippen LogP contribution in [0.5, 0.6) is 0 Å². The van der Waals surface area contributed by atoms with Crippen molar-refractivity contribution in [3.05, 3.63) is 0 Å². The van der Waals surface area contributed by atoms with Crippen LogP contribution in [0.15, 0.2) is 5.16 Å².